The fraction of sp³-hybridized carbons (Fsp3) is 0.103. The van der Waals surface area contributed by atoms with E-state index in [0.717, 1.165) is 50.2 Å². The highest BCUT2D eigenvalue weighted by molar-refractivity contribution is 6.21. The van der Waals surface area contributed by atoms with E-state index in [4.69, 9.17) is 8.83 Å². The number of fused-ring (bicyclic) bond motifs is 22. The van der Waals surface area contributed by atoms with Crippen LogP contribution in [-0.2, 0) is 21.7 Å². The Balaban J connectivity index is 0.882. The summed E-state index contributed by atoms with van der Waals surface area (Å²) in [7, 11) is 0. The predicted octanol–water partition coefficient (Wildman–Crippen LogP) is 22.6. The molecule has 0 aliphatic heterocycles. The molecule has 3 heteroatoms. The van der Waals surface area contributed by atoms with Gasteiger partial charge in [-0.2, -0.15) is 0 Å². The van der Waals surface area contributed by atoms with E-state index in [-0.39, 0.29) is 5.41 Å². The molecule has 0 saturated carbocycles. The third kappa shape index (κ3) is 6.48. The van der Waals surface area contributed by atoms with Gasteiger partial charge < -0.3 is 13.7 Å². The van der Waals surface area contributed by atoms with Gasteiger partial charge >= 0.3 is 0 Å². The van der Waals surface area contributed by atoms with Gasteiger partial charge in [-0.25, -0.2) is 0 Å². The number of para-hydroxylation sites is 2. The molecular formula is C87H61NO2. The number of hydrogen-bond acceptors (Lipinski definition) is 3. The van der Waals surface area contributed by atoms with E-state index in [1.54, 1.807) is 0 Å². The summed E-state index contributed by atoms with van der Waals surface area (Å²) in [6.45, 7) is 12.0. The number of benzene rings is 13. The van der Waals surface area contributed by atoms with Crippen LogP contribution in [0.15, 0.2) is 288 Å². The number of rotatable bonds is 7. The van der Waals surface area contributed by atoms with E-state index in [1.807, 2.05) is 0 Å². The molecule has 2 heterocycles. The molecule has 0 saturated heterocycles. The van der Waals surface area contributed by atoms with Crippen LogP contribution in [-0.4, -0.2) is 0 Å². The van der Waals surface area contributed by atoms with Gasteiger partial charge in [0.1, 0.15) is 22.3 Å². The van der Waals surface area contributed by atoms with Crippen molar-refractivity contribution in [2.45, 2.75) is 56.3 Å². The Labute approximate surface area is 523 Å². The Morgan fingerprint density at radius 2 is 0.767 bits per heavy atom. The third-order valence-corrected chi connectivity index (χ3v) is 21.4. The molecule has 15 aromatic rings. The highest BCUT2D eigenvalue weighted by Gasteiger charge is 2.53. The average molecular weight is 1150 g/mol. The molecule has 90 heavy (non-hydrogen) atoms. The second-order valence-corrected chi connectivity index (χ2v) is 26.6. The molecule has 2 aromatic heterocycles. The van der Waals surface area contributed by atoms with E-state index in [0.29, 0.717) is 0 Å². The Bertz CT molecular complexity index is 5470. The van der Waals surface area contributed by atoms with Gasteiger partial charge in [-0.05, 0) is 185 Å². The molecule has 0 unspecified atom stereocenters. The summed E-state index contributed by atoms with van der Waals surface area (Å²) in [5, 5.41) is 4.65. The largest absolute Gasteiger partial charge is 0.456 e. The Kier molecular flexibility index (Phi) is 10.4. The molecule has 0 fully saturated rings. The molecular weight excluding hydrogens is 1090 g/mol. The van der Waals surface area contributed by atoms with Crippen molar-refractivity contribution in [2.75, 3.05) is 4.90 Å². The first-order valence-electron chi connectivity index (χ1n) is 31.7. The molecule has 0 bridgehead atoms. The quantitative estimate of drug-likeness (QED) is 0.159. The Morgan fingerprint density at radius 3 is 1.41 bits per heavy atom. The number of hydrogen-bond donors (Lipinski definition) is 0. The molecule has 13 aromatic carbocycles. The predicted molar refractivity (Wildman–Crippen MR) is 370 cm³/mol. The maximum atomic E-state index is 7.16. The highest BCUT2D eigenvalue weighted by atomic mass is 16.3. The second-order valence-electron chi connectivity index (χ2n) is 26.6. The molecule has 0 spiro atoms. The molecule has 0 atom stereocenters. The summed E-state index contributed by atoms with van der Waals surface area (Å²) in [4.78, 5) is 2.52. The van der Waals surface area contributed by atoms with E-state index in [2.05, 4.69) is 319 Å². The third-order valence-electron chi connectivity index (χ3n) is 21.4. The Hall–Kier alpha value is -10.7. The normalized spacial score (nSPS) is 15.3. The van der Waals surface area contributed by atoms with Crippen molar-refractivity contribution < 1.29 is 8.83 Å². The lowest BCUT2D eigenvalue weighted by Crippen LogP contribution is -2.30. The van der Waals surface area contributed by atoms with Gasteiger partial charge in [-0.15, -0.1) is 0 Å². The van der Waals surface area contributed by atoms with E-state index in [1.165, 1.54) is 128 Å². The zero-order chi connectivity index (χ0) is 60.0. The molecule has 426 valence electrons. The van der Waals surface area contributed by atoms with Gasteiger partial charge in [0.05, 0.1) is 10.8 Å². The molecule has 4 aliphatic carbocycles. The Morgan fingerprint density at radius 1 is 0.289 bits per heavy atom. The second kappa shape index (κ2) is 18.2. The maximum absolute atomic E-state index is 7.16. The monoisotopic (exact) mass is 1150 g/mol. The van der Waals surface area contributed by atoms with Crippen LogP contribution in [0.1, 0.15) is 100 Å². The minimum atomic E-state index is -0.752. The molecule has 4 aliphatic rings. The van der Waals surface area contributed by atoms with Crippen LogP contribution >= 0.6 is 0 Å². The summed E-state index contributed by atoms with van der Waals surface area (Å²) in [6, 6.07) is 105. The first-order chi connectivity index (χ1) is 44.1. The van der Waals surface area contributed by atoms with Crippen molar-refractivity contribution in [3.63, 3.8) is 0 Å². The summed E-state index contributed by atoms with van der Waals surface area (Å²) >= 11 is 0. The fourth-order valence-electron chi connectivity index (χ4n) is 17.8. The van der Waals surface area contributed by atoms with Crippen LogP contribution < -0.4 is 4.90 Å². The van der Waals surface area contributed by atoms with Gasteiger partial charge in [-0.1, -0.05) is 240 Å². The highest BCUT2D eigenvalue weighted by Crippen LogP contribution is 2.67. The van der Waals surface area contributed by atoms with Gasteiger partial charge in [0.25, 0.3) is 0 Å². The lowest BCUT2D eigenvalue weighted by molar-refractivity contribution is 0.600. The first-order valence-corrected chi connectivity index (χ1v) is 31.7. The van der Waals surface area contributed by atoms with Crippen LogP contribution in [0.3, 0.4) is 0 Å². The van der Waals surface area contributed by atoms with Gasteiger partial charge in [-0.3, -0.25) is 0 Å². The average Bonchev–Trinajstić information content (AvgIpc) is 1.51. The van der Waals surface area contributed by atoms with Crippen LogP contribution in [0.5, 0.6) is 0 Å². The molecule has 3 nitrogen and oxygen atoms in total. The van der Waals surface area contributed by atoms with E-state index < -0.39 is 16.2 Å². The van der Waals surface area contributed by atoms with Gasteiger partial charge in [0, 0.05) is 55.0 Å². The minimum absolute atomic E-state index is 0.252. The van der Waals surface area contributed by atoms with Gasteiger partial charge in [0.15, 0.2) is 0 Å². The number of nitrogens with zero attached hydrogens (tertiary/aromatic N) is 1. The van der Waals surface area contributed by atoms with Crippen LogP contribution in [0.25, 0.3) is 88.4 Å². The van der Waals surface area contributed by atoms with E-state index >= 15 is 0 Å². The molecule has 0 amide bonds. The summed E-state index contributed by atoms with van der Waals surface area (Å²) in [6.07, 6.45) is 0. The molecule has 0 N–H and O–H groups in total. The zero-order valence-corrected chi connectivity index (χ0v) is 50.8. The molecule has 19 rings (SSSR count). The standard InChI is InChI=1S/C87H61NO2/c1-52-25-24-34-57(47-52)88(58-42-44-62-69(48-58)85(4,5)82-80(62)83-79(64-37-20-23-40-74(64)90-83)78-61-35-18-21-38-67(61)84(2,3)81(78)82)59-41-43-60-65-50-72-66(51-71(65)87(70(60)49-59,55-30-14-8-15-31-55)56-32-16-9-17-33-56)76-68(45-46-75-77(76)63-36-19-22-39-73(63)89-75)86(72,53-26-10-6-11-27-53)54-28-12-7-13-29-54/h6-51H,1-5H3. The van der Waals surface area contributed by atoms with Crippen molar-refractivity contribution in [3.05, 3.63) is 351 Å². The lowest BCUT2D eigenvalue weighted by atomic mass is 9.66. The summed E-state index contributed by atoms with van der Waals surface area (Å²) in [5.41, 5.74) is 31.4. The van der Waals surface area contributed by atoms with Crippen molar-refractivity contribution in [1.82, 2.24) is 0 Å². The van der Waals surface area contributed by atoms with Gasteiger partial charge in [0.2, 0.25) is 0 Å². The topological polar surface area (TPSA) is 29.5 Å². The van der Waals surface area contributed by atoms with Crippen molar-refractivity contribution in [3.8, 4) is 44.5 Å². The molecule has 0 radical (unpaired) electrons. The van der Waals surface area contributed by atoms with Crippen LogP contribution in [0.4, 0.5) is 17.1 Å². The van der Waals surface area contributed by atoms with Crippen molar-refractivity contribution >= 4 is 60.9 Å². The number of anilines is 3. The van der Waals surface area contributed by atoms with Crippen LogP contribution in [0, 0.1) is 6.92 Å². The lowest BCUT2D eigenvalue weighted by Gasteiger charge is -2.36. The SMILES string of the molecule is Cc1cccc(N(c2ccc3c(c2)C(C)(C)c2c4c(c5c(oc6ccccc65)c2-3)-c2ccccc2C4(C)C)c2ccc3c(c2)C(c2ccccc2)(c2ccccc2)c2cc4c(cc2-3)C(c2ccccc2)(c2ccccc2)c2ccc3oc5ccccc5c3c2-4)c1. The minimum Gasteiger partial charge on any atom is -0.456 e. The summed E-state index contributed by atoms with van der Waals surface area (Å²) in [5.74, 6) is 0. The van der Waals surface area contributed by atoms with Crippen LogP contribution in [0.2, 0.25) is 0 Å². The van der Waals surface area contributed by atoms with E-state index in [9.17, 15) is 0 Å². The number of aryl methyl sites for hydroxylation is 1. The number of furan rings is 2. The fourth-order valence-corrected chi connectivity index (χ4v) is 17.8. The smallest absolute Gasteiger partial charge is 0.144 e. The van der Waals surface area contributed by atoms with Crippen molar-refractivity contribution in [2.24, 2.45) is 0 Å². The van der Waals surface area contributed by atoms with Crippen molar-refractivity contribution in [1.29, 1.82) is 0 Å². The maximum Gasteiger partial charge on any atom is 0.144 e. The zero-order valence-electron chi connectivity index (χ0n) is 50.8. The first kappa shape index (κ1) is 51.3. The summed E-state index contributed by atoms with van der Waals surface area (Å²) < 4.78 is 14.0.